The van der Waals surface area contributed by atoms with Crippen molar-refractivity contribution in [1.29, 1.82) is 0 Å². The number of piperidine rings is 1. The number of hydrogen-bond donors (Lipinski definition) is 2. The number of anilines is 1. The Kier molecular flexibility index (Phi) is 8.66. The number of benzene rings is 1. The van der Waals surface area contributed by atoms with Crippen LogP contribution in [0.5, 0.6) is 0 Å². The van der Waals surface area contributed by atoms with Gasteiger partial charge in [0.15, 0.2) is 5.78 Å². The summed E-state index contributed by atoms with van der Waals surface area (Å²) in [5.41, 5.74) is 4.00. The third-order valence-electron chi connectivity index (χ3n) is 6.83. The minimum atomic E-state index is -0.119. The Bertz CT molecular complexity index is 1530. The molecule has 0 unspecified atom stereocenters. The van der Waals surface area contributed by atoms with Gasteiger partial charge in [0.1, 0.15) is 5.69 Å². The highest BCUT2D eigenvalue weighted by Crippen LogP contribution is 2.32. The molecule has 206 valence electrons. The smallest absolute Gasteiger partial charge is 0.272 e. The average molecular weight is 603 g/mol. The summed E-state index contributed by atoms with van der Waals surface area (Å²) in [6.07, 6.45) is 10.8. The zero-order valence-corrected chi connectivity index (χ0v) is 24.2. The number of likely N-dealkylation sites (tertiary alicyclic amines) is 1. The van der Waals surface area contributed by atoms with Crippen LogP contribution >= 0.6 is 15.9 Å². The number of carbonyl (C=O) groups excluding carboxylic acids is 2. The lowest BCUT2D eigenvalue weighted by atomic mass is 10.0. The number of fused-ring (bicyclic) bond motifs is 1. The zero-order valence-electron chi connectivity index (χ0n) is 22.6. The number of hydrogen-bond acceptors (Lipinski definition) is 7. The van der Waals surface area contributed by atoms with Crippen molar-refractivity contribution in [3.05, 3.63) is 82.9 Å². The van der Waals surface area contributed by atoms with Gasteiger partial charge in [-0.2, -0.15) is 0 Å². The number of likely N-dealkylation sites (N-methyl/N-ethyl adjacent to an activating group) is 1. The highest BCUT2D eigenvalue weighted by Gasteiger charge is 2.26. The molecule has 10 heteroatoms. The maximum atomic E-state index is 13.2. The minimum absolute atomic E-state index is 0.00989. The number of ketones is 1. The lowest BCUT2D eigenvalue weighted by molar-refractivity contribution is -0.114. The van der Waals surface area contributed by atoms with Crippen LogP contribution in [0.1, 0.15) is 28.9 Å². The van der Waals surface area contributed by atoms with E-state index in [1.807, 2.05) is 54.4 Å². The first kappa shape index (κ1) is 27.7. The second kappa shape index (κ2) is 12.5. The summed E-state index contributed by atoms with van der Waals surface area (Å²) in [5.74, 6) is 0.414. The lowest BCUT2D eigenvalue weighted by Crippen LogP contribution is -2.45. The molecule has 1 aliphatic rings. The van der Waals surface area contributed by atoms with E-state index in [-0.39, 0.29) is 24.2 Å². The fourth-order valence-corrected chi connectivity index (χ4v) is 5.23. The van der Waals surface area contributed by atoms with Gasteiger partial charge in [-0.1, -0.05) is 30.3 Å². The number of carbonyl (C=O) groups is 2. The Morgan fingerprint density at radius 2 is 2.02 bits per heavy atom. The van der Waals surface area contributed by atoms with Crippen molar-refractivity contribution < 1.29 is 9.59 Å². The molecule has 4 heterocycles. The van der Waals surface area contributed by atoms with E-state index in [0.29, 0.717) is 31.3 Å². The van der Waals surface area contributed by atoms with Gasteiger partial charge in [0.25, 0.3) is 5.91 Å². The number of nitrogens with zero attached hydrogens (tertiary/aromatic N) is 5. The van der Waals surface area contributed by atoms with E-state index in [0.717, 1.165) is 45.0 Å². The third-order valence-corrected chi connectivity index (χ3v) is 7.41. The second-order valence-corrected chi connectivity index (χ2v) is 11.1. The van der Waals surface area contributed by atoms with Crippen LogP contribution in [0.2, 0.25) is 0 Å². The molecule has 4 aromatic rings. The first-order chi connectivity index (χ1) is 19.4. The molecule has 40 heavy (non-hydrogen) atoms. The van der Waals surface area contributed by atoms with Gasteiger partial charge in [-0.3, -0.25) is 14.6 Å². The molecule has 1 amide bonds. The van der Waals surface area contributed by atoms with E-state index >= 15 is 0 Å². The summed E-state index contributed by atoms with van der Waals surface area (Å²) in [6.45, 7) is 1.90. The van der Waals surface area contributed by atoms with Gasteiger partial charge in [0, 0.05) is 67.2 Å². The predicted octanol–water partition coefficient (Wildman–Crippen LogP) is 4.73. The minimum Gasteiger partial charge on any atom is -0.360 e. The zero-order chi connectivity index (χ0) is 28.1. The second-order valence-electron chi connectivity index (χ2n) is 10.2. The molecule has 0 aliphatic carbocycles. The van der Waals surface area contributed by atoms with Crippen LogP contribution in [0.15, 0.2) is 71.6 Å². The molecule has 0 spiro atoms. The van der Waals surface area contributed by atoms with E-state index in [1.165, 1.54) is 0 Å². The normalized spacial score (nSPS) is 15.7. The molecule has 0 bridgehead atoms. The molecule has 1 atom stereocenters. The monoisotopic (exact) mass is 601 g/mol. The number of allylic oxidation sites excluding steroid dienone is 1. The van der Waals surface area contributed by atoms with Gasteiger partial charge in [-0.05, 0) is 66.6 Å². The molecule has 9 nitrogen and oxygen atoms in total. The number of halogens is 1. The first-order valence-electron chi connectivity index (χ1n) is 13.3. The van der Waals surface area contributed by atoms with E-state index in [1.54, 1.807) is 30.6 Å². The number of para-hydroxylation sites is 1. The third kappa shape index (κ3) is 6.63. The number of nitrogens with one attached hydrogen (secondary N) is 2. The van der Waals surface area contributed by atoms with Gasteiger partial charge in [-0.25, -0.2) is 9.97 Å². The van der Waals surface area contributed by atoms with E-state index in [4.69, 9.17) is 4.98 Å². The molecule has 3 aromatic heterocycles. The summed E-state index contributed by atoms with van der Waals surface area (Å²) in [6, 6.07) is 11.6. The summed E-state index contributed by atoms with van der Waals surface area (Å²) in [7, 11) is 3.90. The van der Waals surface area contributed by atoms with Crippen LogP contribution in [0.3, 0.4) is 0 Å². The molecule has 1 fully saturated rings. The Balaban J connectivity index is 1.22. The average Bonchev–Trinajstić information content (AvgIpc) is 3.38. The number of aromatic amines is 1. The van der Waals surface area contributed by atoms with Gasteiger partial charge < -0.3 is 20.1 Å². The lowest BCUT2D eigenvalue weighted by Gasteiger charge is -2.33. The van der Waals surface area contributed by atoms with E-state index in [2.05, 4.69) is 42.3 Å². The molecule has 0 saturated carbocycles. The van der Waals surface area contributed by atoms with Crippen LogP contribution in [0.4, 0.5) is 5.95 Å². The van der Waals surface area contributed by atoms with Crippen molar-refractivity contribution in [2.45, 2.75) is 25.3 Å². The van der Waals surface area contributed by atoms with Crippen molar-refractivity contribution in [1.82, 2.24) is 29.7 Å². The molecular weight excluding hydrogens is 570 g/mol. The fourth-order valence-electron chi connectivity index (χ4n) is 4.83. The molecule has 0 radical (unpaired) electrons. The van der Waals surface area contributed by atoms with Crippen molar-refractivity contribution in [2.75, 3.05) is 39.0 Å². The van der Waals surface area contributed by atoms with Gasteiger partial charge in [0.2, 0.25) is 5.95 Å². The summed E-state index contributed by atoms with van der Waals surface area (Å²) < 4.78 is 0.809. The van der Waals surface area contributed by atoms with Gasteiger partial charge in [0.05, 0.1) is 10.2 Å². The topological polar surface area (TPSA) is 107 Å². The molecule has 1 aliphatic heterocycles. The highest BCUT2D eigenvalue weighted by atomic mass is 79.9. The maximum absolute atomic E-state index is 13.2. The molecule has 1 saturated heterocycles. The van der Waals surface area contributed by atoms with Crippen LogP contribution in [-0.4, -0.2) is 81.2 Å². The highest BCUT2D eigenvalue weighted by molar-refractivity contribution is 9.10. The SMILES string of the molecule is CN(C)C/C=C/C(=O)Cc1ccc(C(=O)N2CCC[C@@H](Nc3ncc(Br)c(-c4c[nH]c5ccccc45)n3)C2)nc1. The first-order valence-corrected chi connectivity index (χ1v) is 14.1. The molecular formula is C30H32BrN7O2. The van der Waals surface area contributed by atoms with Crippen molar-refractivity contribution >= 4 is 44.5 Å². The van der Waals surface area contributed by atoms with Gasteiger partial charge >= 0.3 is 0 Å². The number of H-pyrrole nitrogens is 1. The maximum Gasteiger partial charge on any atom is 0.272 e. The van der Waals surface area contributed by atoms with Crippen molar-refractivity contribution in [3.63, 3.8) is 0 Å². The number of aromatic nitrogens is 4. The quantitative estimate of drug-likeness (QED) is 0.267. The van der Waals surface area contributed by atoms with Crippen LogP contribution in [0, 0.1) is 0 Å². The Morgan fingerprint density at radius 1 is 1.18 bits per heavy atom. The number of amides is 1. The van der Waals surface area contributed by atoms with Crippen LogP contribution < -0.4 is 5.32 Å². The largest absolute Gasteiger partial charge is 0.360 e. The Labute approximate surface area is 241 Å². The van der Waals surface area contributed by atoms with E-state index < -0.39 is 0 Å². The van der Waals surface area contributed by atoms with Crippen LogP contribution in [-0.2, 0) is 11.2 Å². The number of pyridine rings is 1. The molecule has 1 aromatic carbocycles. The summed E-state index contributed by atoms with van der Waals surface area (Å²) in [4.78, 5) is 46.2. The standard InChI is InChI=1S/C30H32BrN7O2/c1-37(2)13-6-8-22(39)15-20-11-12-27(32-16-20)29(40)38-14-5-7-21(19-38)35-30-34-18-25(31)28(36-30)24-17-33-26-10-4-3-9-23(24)26/h3-4,6,8-12,16-18,21,33H,5,7,13-15,19H2,1-2H3,(H,34,35,36)/b8-6+/t21-/m1/s1. The van der Waals surface area contributed by atoms with Crippen molar-refractivity contribution in [2.24, 2.45) is 0 Å². The van der Waals surface area contributed by atoms with Crippen LogP contribution in [0.25, 0.3) is 22.2 Å². The summed E-state index contributed by atoms with van der Waals surface area (Å²) >= 11 is 3.60. The van der Waals surface area contributed by atoms with E-state index in [9.17, 15) is 9.59 Å². The summed E-state index contributed by atoms with van der Waals surface area (Å²) in [5, 5.41) is 4.52. The fraction of sp³-hybridized carbons (Fsp3) is 0.300. The molecule has 2 N–H and O–H groups in total. The van der Waals surface area contributed by atoms with Crippen molar-refractivity contribution in [3.8, 4) is 11.3 Å². The Hall–Kier alpha value is -3.89. The Morgan fingerprint density at radius 3 is 2.83 bits per heavy atom. The van der Waals surface area contributed by atoms with Gasteiger partial charge in [-0.15, -0.1) is 0 Å². The number of rotatable bonds is 9. The molecule has 5 rings (SSSR count). The predicted molar refractivity (Wildman–Crippen MR) is 160 cm³/mol.